The highest BCUT2D eigenvalue weighted by Gasteiger charge is 2.14. The molecule has 0 radical (unpaired) electrons. The number of likely N-dealkylation sites (N-methyl/N-ethyl adjacent to an activating group) is 1. The van der Waals surface area contributed by atoms with Crippen molar-refractivity contribution < 1.29 is 0 Å². The SMILES string of the molecule is CN1CCN(c2ccc(Nc3ncc4ccc(-c5cnc6ccccc6c5)n4n3)cc2)CC1. The normalized spacial score (nSPS) is 14.8. The van der Waals surface area contributed by atoms with Gasteiger partial charge in [-0.25, -0.2) is 9.50 Å². The van der Waals surface area contributed by atoms with Crippen LogP contribution in [-0.4, -0.2) is 57.7 Å². The van der Waals surface area contributed by atoms with E-state index in [1.165, 1.54) is 5.69 Å². The molecule has 5 aromatic rings. The fourth-order valence-corrected chi connectivity index (χ4v) is 4.34. The van der Waals surface area contributed by atoms with Gasteiger partial charge in [-0.2, -0.15) is 0 Å². The van der Waals surface area contributed by atoms with Gasteiger partial charge in [-0.3, -0.25) is 4.98 Å². The van der Waals surface area contributed by atoms with Crippen LogP contribution in [0.5, 0.6) is 0 Å². The van der Waals surface area contributed by atoms with Crippen LogP contribution in [0.1, 0.15) is 0 Å². The number of nitrogens with one attached hydrogen (secondary N) is 1. The summed E-state index contributed by atoms with van der Waals surface area (Å²) in [5.41, 5.74) is 6.15. The summed E-state index contributed by atoms with van der Waals surface area (Å²) in [6.07, 6.45) is 3.74. The Morgan fingerprint density at radius 3 is 2.48 bits per heavy atom. The van der Waals surface area contributed by atoms with Crippen molar-refractivity contribution in [2.24, 2.45) is 0 Å². The number of anilines is 3. The Kier molecular flexibility index (Phi) is 4.88. The molecule has 164 valence electrons. The lowest BCUT2D eigenvalue weighted by molar-refractivity contribution is 0.313. The number of fused-ring (bicyclic) bond motifs is 2. The van der Waals surface area contributed by atoms with Crippen LogP contribution in [0.2, 0.25) is 0 Å². The van der Waals surface area contributed by atoms with Crippen molar-refractivity contribution in [3.63, 3.8) is 0 Å². The number of pyridine rings is 1. The molecule has 0 spiro atoms. The van der Waals surface area contributed by atoms with E-state index in [1.54, 1.807) is 0 Å². The van der Waals surface area contributed by atoms with E-state index in [1.807, 2.05) is 41.2 Å². The Morgan fingerprint density at radius 2 is 1.64 bits per heavy atom. The van der Waals surface area contributed by atoms with Gasteiger partial charge in [-0.05, 0) is 55.6 Å². The molecule has 33 heavy (non-hydrogen) atoms. The van der Waals surface area contributed by atoms with Crippen molar-refractivity contribution in [3.8, 4) is 11.3 Å². The second-order valence-corrected chi connectivity index (χ2v) is 8.52. The van der Waals surface area contributed by atoms with Crippen molar-refractivity contribution in [3.05, 3.63) is 79.1 Å². The molecule has 0 unspecified atom stereocenters. The molecule has 3 aromatic heterocycles. The zero-order valence-corrected chi connectivity index (χ0v) is 18.5. The summed E-state index contributed by atoms with van der Waals surface area (Å²) in [6, 6.07) is 22.9. The van der Waals surface area contributed by atoms with Gasteiger partial charge < -0.3 is 15.1 Å². The Hall–Kier alpha value is -3.97. The zero-order chi connectivity index (χ0) is 22.2. The number of hydrogen-bond donors (Lipinski definition) is 1. The predicted molar refractivity (Wildman–Crippen MR) is 133 cm³/mol. The minimum absolute atomic E-state index is 0.557. The standard InChI is InChI=1S/C26H25N7/c1-31-12-14-32(15-13-31)22-8-6-21(7-9-22)29-26-28-18-23-10-11-25(33(23)30-26)20-16-19-4-2-3-5-24(19)27-17-20/h2-11,16-18H,12-15H2,1H3,(H,29,30). The van der Waals surface area contributed by atoms with Gasteiger partial charge in [0.1, 0.15) is 0 Å². The van der Waals surface area contributed by atoms with E-state index in [-0.39, 0.29) is 0 Å². The fourth-order valence-electron chi connectivity index (χ4n) is 4.34. The first kappa shape index (κ1) is 19.7. The molecule has 0 aliphatic carbocycles. The molecule has 4 heterocycles. The van der Waals surface area contributed by atoms with Gasteiger partial charge in [-0.1, -0.05) is 18.2 Å². The molecule has 7 heteroatoms. The number of piperazine rings is 1. The summed E-state index contributed by atoms with van der Waals surface area (Å²) in [6.45, 7) is 4.31. The second-order valence-electron chi connectivity index (χ2n) is 8.52. The summed E-state index contributed by atoms with van der Waals surface area (Å²) in [5.74, 6) is 0.557. The van der Waals surface area contributed by atoms with Gasteiger partial charge in [0, 0.05) is 54.7 Å². The number of benzene rings is 2. The summed E-state index contributed by atoms with van der Waals surface area (Å²) in [4.78, 5) is 13.9. The third kappa shape index (κ3) is 3.87. The molecule has 0 atom stereocenters. The lowest BCUT2D eigenvalue weighted by atomic mass is 10.1. The Morgan fingerprint density at radius 1 is 0.818 bits per heavy atom. The van der Waals surface area contributed by atoms with Crippen molar-refractivity contribution in [2.45, 2.75) is 0 Å². The number of hydrogen-bond acceptors (Lipinski definition) is 6. The van der Waals surface area contributed by atoms with Crippen LogP contribution in [0.25, 0.3) is 27.7 Å². The van der Waals surface area contributed by atoms with Crippen LogP contribution in [0.4, 0.5) is 17.3 Å². The van der Waals surface area contributed by atoms with Crippen molar-refractivity contribution in [1.82, 2.24) is 24.5 Å². The molecule has 6 rings (SSSR count). The third-order valence-electron chi connectivity index (χ3n) is 6.28. The average Bonchev–Trinajstić information content (AvgIpc) is 3.28. The molecule has 1 aliphatic heterocycles. The molecule has 2 aromatic carbocycles. The summed E-state index contributed by atoms with van der Waals surface area (Å²) in [5, 5.41) is 9.21. The van der Waals surface area contributed by atoms with Crippen LogP contribution in [0.3, 0.4) is 0 Å². The summed E-state index contributed by atoms with van der Waals surface area (Å²) >= 11 is 0. The minimum Gasteiger partial charge on any atom is -0.369 e. The Balaban J connectivity index is 1.26. The summed E-state index contributed by atoms with van der Waals surface area (Å²) < 4.78 is 1.92. The second kappa shape index (κ2) is 8.18. The average molecular weight is 436 g/mol. The van der Waals surface area contributed by atoms with E-state index in [0.717, 1.165) is 59.5 Å². The van der Waals surface area contributed by atoms with Crippen LogP contribution >= 0.6 is 0 Å². The number of rotatable bonds is 4. The fraction of sp³-hybridized carbons (Fsp3) is 0.192. The molecular weight excluding hydrogens is 410 g/mol. The molecule has 1 saturated heterocycles. The predicted octanol–water partition coefficient (Wildman–Crippen LogP) is 4.44. The van der Waals surface area contributed by atoms with E-state index in [9.17, 15) is 0 Å². The molecule has 1 aliphatic rings. The first-order valence-corrected chi connectivity index (χ1v) is 11.2. The maximum atomic E-state index is 4.76. The van der Waals surface area contributed by atoms with E-state index in [0.29, 0.717) is 5.95 Å². The highest BCUT2D eigenvalue weighted by atomic mass is 15.3. The first-order valence-electron chi connectivity index (χ1n) is 11.2. The summed E-state index contributed by atoms with van der Waals surface area (Å²) in [7, 11) is 2.17. The van der Waals surface area contributed by atoms with Crippen molar-refractivity contribution in [1.29, 1.82) is 0 Å². The molecule has 1 fully saturated rings. The maximum Gasteiger partial charge on any atom is 0.245 e. The van der Waals surface area contributed by atoms with E-state index < -0.39 is 0 Å². The van der Waals surface area contributed by atoms with Crippen LogP contribution in [0, 0.1) is 0 Å². The zero-order valence-electron chi connectivity index (χ0n) is 18.5. The van der Waals surface area contributed by atoms with Crippen LogP contribution in [-0.2, 0) is 0 Å². The van der Waals surface area contributed by atoms with Gasteiger partial charge in [0.25, 0.3) is 0 Å². The van der Waals surface area contributed by atoms with Gasteiger partial charge in [0.05, 0.1) is 22.9 Å². The highest BCUT2D eigenvalue weighted by Crippen LogP contribution is 2.25. The minimum atomic E-state index is 0.557. The Labute approximate surface area is 192 Å². The lowest BCUT2D eigenvalue weighted by Crippen LogP contribution is -2.44. The van der Waals surface area contributed by atoms with Crippen molar-refractivity contribution >= 4 is 33.7 Å². The number of nitrogens with zero attached hydrogens (tertiary/aromatic N) is 6. The Bertz CT molecular complexity index is 1420. The number of aromatic nitrogens is 4. The first-order chi connectivity index (χ1) is 16.2. The van der Waals surface area contributed by atoms with Gasteiger partial charge in [0.2, 0.25) is 5.95 Å². The molecule has 1 N–H and O–H groups in total. The van der Waals surface area contributed by atoms with Crippen LogP contribution in [0.15, 0.2) is 79.1 Å². The lowest BCUT2D eigenvalue weighted by Gasteiger charge is -2.34. The van der Waals surface area contributed by atoms with E-state index in [4.69, 9.17) is 5.10 Å². The van der Waals surface area contributed by atoms with Gasteiger partial charge in [0.15, 0.2) is 0 Å². The van der Waals surface area contributed by atoms with Gasteiger partial charge in [-0.15, -0.1) is 5.10 Å². The third-order valence-corrected chi connectivity index (χ3v) is 6.28. The molecule has 0 bridgehead atoms. The molecular formula is C26H25N7. The van der Waals surface area contributed by atoms with E-state index >= 15 is 0 Å². The topological polar surface area (TPSA) is 61.6 Å². The molecule has 7 nitrogen and oxygen atoms in total. The number of para-hydroxylation sites is 1. The molecule has 0 amide bonds. The largest absolute Gasteiger partial charge is 0.369 e. The quantitative estimate of drug-likeness (QED) is 0.450. The highest BCUT2D eigenvalue weighted by molar-refractivity contribution is 5.83. The van der Waals surface area contributed by atoms with E-state index in [2.05, 4.69) is 74.6 Å². The molecule has 0 saturated carbocycles. The van der Waals surface area contributed by atoms with Gasteiger partial charge >= 0.3 is 0 Å². The monoisotopic (exact) mass is 435 g/mol. The maximum absolute atomic E-state index is 4.76. The van der Waals surface area contributed by atoms with Crippen molar-refractivity contribution in [2.75, 3.05) is 43.4 Å². The smallest absolute Gasteiger partial charge is 0.245 e. The van der Waals surface area contributed by atoms with Crippen LogP contribution < -0.4 is 10.2 Å².